The maximum Gasteiger partial charge on any atom is 0.115 e. The molecule has 0 aromatic rings. The van der Waals surface area contributed by atoms with Gasteiger partial charge in [-0.25, -0.2) is 43.9 Å². The van der Waals surface area contributed by atoms with E-state index in [0.29, 0.717) is 80.5 Å². The van der Waals surface area contributed by atoms with E-state index in [2.05, 4.69) is 166 Å². The van der Waals surface area contributed by atoms with Gasteiger partial charge in [0.25, 0.3) is 0 Å². The lowest BCUT2D eigenvalue weighted by Crippen LogP contribution is -2.43. The van der Waals surface area contributed by atoms with Crippen LogP contribution in [0.15, 0.2) is 0 Å². The van der Waals surface area contributed by atoms with Crippen molar-refractivity contribution in [1.82, 2.24) is 0 Å². The van der Waals surface area contributed by atoms with Crippen molar-refractivity contribution in [3.63, 3.8) is 0 Å². The van der Waals surface area contributed by atoms with Crippen LogP contribution in [-0.2, 0) is 0 Å². The molecule has 0 amide bonds. The van der Waals surface area contributed by atoms with Crippen LogP contribution in [0.4, 0.5) is 43.9 Å². The van der Waals surface area contributed by atoms with Crippen LogP contribution < -0.4 is 0 Å². The van der Waals surface area contributed by atoms with Crippen molar-refractivity contribution in [3.05, 3.63) is 0 Å². The molecule has 0 aromatic heterocycles. The van der Waals surface area contributed by atoms with Crippen LogP contribution in [0, 0.1) is 111 Å². The molecule has 10 heteroatoms. The van der Waals surface area contributed by atoms with E-state index >= 15 is 0 Å². The monoisotopic (exact) mass is 1640 g/mol. The van der Waals surface area contributed by atoms with Crippen molar-refractivity contribution in [2.24, 2.45) is 111 Å². The quantitative estimate of drug-likeness (QED) is 0.0535. The third kappa shape index (κ3) is 50.5. The molecule has 8 atom stereocenters. The molecule has 0 N–H and O–H groups in total. The van der Waals surface area contributed by atoms with Crippen molar-refractivity contribution in [2.45, 2.75) is 558 Å². The Hall–Kier alpha value is -0.700. The average Bonchev–Trinajstić information content (AvgIpc) is 0.809. The van der Waals surface area contributed by atoms with E-state index in [4.69, 9.17) is 0 Å². The summed E-state index contributed by atoms with van der Waals surface area (Å²) in [6.45, 7) is 103. The summed E-state index contributed by atoms with van der Waals surface area (Å²) in [5.41, 5.74) is -10.3. The normalized spacial score (nSPS) is 16.7. The molecule has 0 aliphatic heterocycles. The maximum absolute atomic E-state index is 14.4. The molecule has 0 nitrogen and oxygen atoms in total. The Morgan fingerprint density at radius 1 is 0.204 bits per heavy atom. The zero-order valence-corrected chi connectivity index (χ0v) is 87.1. The lowest BCUT2D eigenvalue weighted by molar-refractivity contribution is -0.0267. The van der Waals surface area contributed by atoms with Crippen LogP contribution in [0.3, 0.4) is 0 Å². The average molecular weight is 1640 g/mol. The summed E-state index contributed by atoms with van der Waals surface area (Å²) in [7, 11) is 0. The Bertz CT molecular complexity index is 2050. The van der Waals surface area contributed by atoms with Gasteiger partial charge >= 0.3 is 0 Å². The van der Waals surface area contributed by atoms with Crippen molar-refractivity contribution in [1.29, 1.82) is 0 Å². The van der Waals surface area contributed by atoms with Gasteiger partial charge in [-0.1, -0.05) is 349 Å². The first-order chi connectivity index (χ1) is 50.6. The van der Waals surface area contributed by atoms with E-state index in [0.717, 1.165) is 96.3 Å². The van der Waals surface area contributed by atoms with Gasteiger partial charge < -0.3 is 0 Å². The summed E-state index contributed by atoms with van der Waals surface area (Å²) in [4.78, 5) is 0. The molecule has 698 valence electrons. The highest BCUT2D eigenvalue weighted by Gasteiger charge is 2.47. The Balaban J connectivity index is -0.000000131. The molecule has 0 spiro atoms. The van der Waals surface area contributed by atoms with Gasteiger partial charge in [0.1, 0.15) is 56.7 Å². The second kappa shape index (κ2) is 62.4. The second-order valence-corrected chi connectivity index (χ2v) is 41.3. The van der Waals surface area contributed by atoms with Crippen LogP contribution >= 0.6 is 0 Å². The lowest BCUT2D eigenvalue weighted by Gasteiger charge is -2.42. The van der Waals surface area contributed by atoms with Crippen LogP contribution in [0.2, 0.25) is 0 Å². The summed E-state index contributed by atoms with van der Waals surface area (Å²) in [5, 5.41) is 0. The summed E-state index contributed by atoms with van der Waals surface area (Å²) < 4.78 is 139. The van der Waals surface area contributed by atoms with E-state index in [1.807, 2.05) is 125 Å². The third-order valence-electron chi connectivity index (χ3n) is 29.0. The zero-order chi connectivity index (χ0) is 93.3. The van der Waals surface area contributed by atoms with Crippen LogP contribution in [0.1, 0.15) is 501 Å². The summed E-state index contributed by atoms with van der Waals surface area (Å²) in [6.07, 6.45) is 18.8. The number of halogens is 10. The number of hydrogen-bond acceptors (Lipinski definition) is 0. The summed E-state index contributed by atoms with van der Waals surface area (Å²) in [6, 6.07) is 0. The Kier molecular flexibility index (Phi) is 73.4. The smallest absolute Gasteiger partial charge is 0.115 e. The molecule has 0 heterocycles. The fraction of sp³-hybridized carbons (Fsp3) is 1.00. The molecule has 0 saturated heterocycles. The fourth-order valence-corrected chi connectivity index (χ4v) is 17.7. The molecule has 0 aromatic carbocycles. The summed E-state index contributed by atoms with van der Waals surface area (Å²) in [5.74, 6) is 4.14. The highest BCUT2D eigenvalue weighted by atomic mass is 19.2. The summed E-state index contributed by atoms with van der Waals surface area (Å²) >= 11 is 0. The van der Waals surface area contributed by atoms with Crippen molar-refractivity contribution >= 4 is 0 Å². The Morgan fingerprint density at radius 3 is 0.584 bits per heavy atom. The highest BCUT2D eigenvalue weighted by Crippen LogP contribution is 2.48. The first-order valence-electron chi connectivity index (χ1n) is 47.5. The van der Waals surface area contributed by atoms with Crippen molar-refractivity contribution < 1.29 is 43.9 Å². The molecule has 0 rings (SSSR count). The molecule has 0 unspecified atom stereocenters. The van der Waals surface area contributed by atoms with Gasteiger partial charge in [0.05, 0.1) is 0 Å². The molecular weight excluding hydrogens is 1430 g/mol. The van der Waals surface area contributed by atoms with E-state index in [1.165, 1.54) is 0 Å². The predicted molar refractivity (Wildman–Crippen MR) is 498 cm³/mol. The topological polar surface area (TPSA) is 0 Å². The second-order valence-electron chi connectivity index (χ2n) is 41.3. The van der Waals surface area contributed by atoms with E-state index in [9.17, 15) is 43.9 Å². The van der Waals surface area contributed by atoms with Crippen LogP contribution in [0.5, 0.6) is 0 Å². The van der Waals surface area contributed by atoms with E-state index < -0.39 is 56.7 Å². The van der Waals surface area contributed by atoms with Gasteiger partial charge in [-0.3, -0.25) is 0 Å². The van der Waals surface area contributed by atoms with Crippen LogP contribution in [0.25, 0.3) is 0 Å². The SMILES string of the molecule is CC(C)C(C(C)C)[C@@](C)(F)C(C)C.CC(C)C(C)(F)C(C)C.CCC(C)(CC)[C@@](C)(F)C(C)C.CCC(C)(CC)[C@@](C)(F)CC.CCC(CC)[C@@](C)(F)C(C)C.CCCC(C)(F)CCC.CCC[C@](C)(F)C(C(C)C)C(C)C.CCC[C@](C)(F)C(C)(CC)CC.CCC[C@](C)(F)C(CC)CC.CC[C@](C)(F)C(C(C)C)C(C)C. The first-order valence-corrected chi connectivity index (χ1v) is 47.5. The van der Waals surface area contributed by atoms with Crippen LogP contribution in [-0.4, -0.2) is 56.7 Å². The number of hydrogen-bond donors (Lipinski definition) is 0. The van der Waals surface area contributed by atoms with Crippen molar-refractivity contribution in [2.75, 3.05) is 0 Å². The lowest BCUT2D eigenvalue weighted by atomic mass is 9.67. The highest BCUT2D eigenvalue weighted by molar-refractivity contribution is 4.96. The molecule has 0 radical (unpaired) electrons. The van der Waals surface area contributed by atoms with Gasteiger partial charge in [-0.05, 0) is 247 Å². The first kappa shape index (κ1) is 133. The largest absolute Gasteiger partial charge is 0.244 e. The fourth-order valence-electron chi connectivity index (χ4n) is 17.7. The number of rotatable bonds is 41. The standard InChI is InChI=1S/2C12H25F.3C11H23F.3C10H21F.2C8H17F/c1-8(2)11(9(3)4)12(7,13)10(5)6;1-7-8-12(6,13)11(9(2)3)10(4)5;1-7-10(5,8-2)11(6,12)9(3)4;1-7-11(6,12)10(8(2)3)9(4)5;1-6-9-11(5,12)10(4,7-2)8-3;1-6-9(4,7-2)10(5,11)8-3;1-6-9(7-2)10(5,11)8(3)4;1-5-8-10(4,11)9(6-2)7-3;1-6(2)8(5,9)7(3)4;1-4-6-8(3,9)7-5-2/h8-11H,1-7H3;9-11H,7-8H2,1-6H3;9H,7-8H2,1-6H3;8-10H,7H2,1-6H3;6-9H2,1-5H3;6-8H2,1-5H3;8-9H,6-7H2,1-5H3;9H,5-8H2,1-4H3;6-7H,1-5H3;4-7H2,1-3H3/t2*12-;3*11-;3*10-;;/m00000000../s1. The molecule has 0 fully saturated rings. The minimum atomic E-state index is -1.05. The number of alkyl halides is 10. The van der Waals surface area contributed by atoms with E-state index in [-0.39, 0.29) is 75.4 Å². The predicted octanol–water partition coefficient (Wildman–Crippen LogP) is 39.4. The molecule has 0 aliphatic rings. The molecule has 113 heavy (non-hydrogen) atoms. The van der Waals surface area contributed by atoms with Crippen molar-refractivity contribution in [3.8, 4) is 0 Å². The Labute approximate surface area is 709 Å². The molecular formula is C103H216F10. The Morgan fingerprint density at radius 2 is 0.442 bits per heavy atom. The van der Waals surface area contributed by atoms with Gasteiger partial charge in [0.2, 0.25) is 0 Å². The molecule has 0 aliphatic carbocycles. The minimum Gasteiger partial charge on any atom is -0.244 e. The molecule has 0 saturated carbocycles. The van der Waals surface area contributed by atoms with Gasteiger partial charge in [-0.2, -0.15) is 0 Å². The third-order valence-corrected chi connectivity index (χ3v) is 29.0. The van der Waals surface area contributed by atoms with Gasteiger partial charge in [-0.15, -0.1) is 0 Å². The van der Waals surface area contributed by atoms with E-state index in [1.54, 1.807) is 69.2 Å². The maximum atomic E-state index is 14.4. The minimum absolute atomic E-state index is 0.0994. The van der Waals surface area contributed by atoms with Gasteiger partial charge in [0.15, 0.2) is 0 Å². The molecule has 0 bridgehead atoms. The zero-order valence-electron chi connectivity index (χ0n) is 87.1. The van der Waals surface area contributed by atoms with Gasteiger partial charge in [0, 0.05) is 16.2 Å².